The van der Waals surface area contributed by atoms with Gasteiger partial charge in [0.15, 0.2) is 0 Å². The van der Waals surface area contributed by atoms with Crippen molar-refractivity contribution < 1.29 is 9.59 Å². The molecule has 2 N–H and O–H groups in total. The molecule has 0 spiro atoms. The topological polar surface area (TPSA) is 88.9 Å². The Balaban J connectivity index is 1.62. The van der Waals surface area contributed by atoms with Gasteiger partial charge in [0.2, 0.25) is 5.95 Å². The zero-order valence-corrected chi connectivity index (χ0v) is 18.7. The first-order valence-electron chi connectivity index (χ1n) is 9.47. The van der Waals surface area contributed by atoms with Crippen LogP contribution in [0.1, 0.15) is 26.3 Å². The molecular weight excluding hydrogens is 505 g/mol. The van der Waals surface area contributed by atoms with Crippen molar-refractivity contribution in [2.45, 2.75) is 6.92 Å². The fourth-order valence-corrected chi connectivity index (χ4v) is 3.21. The van der Waals surface area contributed by atoms with Crippen LogP contribution in [-0.4, -0.2) is 26.6 Å². The average Bonchev–Trinajstić information content (AvgIpc) is 3.17. The molecule has 0 aliphatic carbocycles. The third-order valence-corrected chi connectivity index (χ3v) is 5.20. The van der Waals surface area contributed by atoms with E-state index >= 15 is 0 Å². The molecule has 0 saturated carbocycles. The molecule has 0 radical (unpaired) electrons. The Morgan fingerprint density at radius 3 is 2.03 bits per heavy atom. The number of anilines is 2. The summed E-state index contributed by atoms with van der Waals surface area (Å²) in [6.07, 6.45) is 0. The van der Waals surface area contributed by atoms with E-state index in [0.29, 0.717) is 16.8 Å². The third-order valence-electron chi connectivity index (χ3n) is 4.48. The predicted octanol–water partition coefficient (Wildman–Crippen LogP) is 4.68. The first-order valence-corrected chi connectivity index (χ1v) is 10.5. The van der Waals surface area contributed by atoms with Crippen molar-refractivity contribution in [3.63, 3.8) is 0 Å². The van der Waals surface area contributed by atoms with Gasteiger partial charge in [-0.05, 0) is 78.0 Å². The zero-order chi connectivity index (χ0) is 21.8. The smallest absolute Gasteiger partial charge is 0.258 e. The number of rotatable bonds is 5. The summed E-state index contributed by atoms with van der Waals surface area (Å²) in [5, 5.41) is 9.86. The lowest BCUT2D eigenvalue weighted by atomic mass is 10.1. The molecule has 4 aromatic rings. The maximum atomic E-state index is 12.7. The Morgan fingerprint density at radius 1 is 0.806 bits per heavy atom. The Kier molecular flexibility index (Phi) is 6.08. The van der Waals surface area contributed by atoms with Crippen LogP contribution in [0.4, 0.5) is 11.9 Å². The van der Waals surface area contributed by atoms with E-state index in [1.54, 1.807) is 24.3 Å². The number of hydrogen-bond donors (Lipinski definition) is 2. The third kappa shape index (κ3) is 4.97. The average molecular weight is 523 g/mol. The van der Waals surface area contributed by atoms with E-state index in [4.69, 9.17) is 0 Å². The number of para-hydroxylation sites is 1. The molecule has 0 fully saturated rings. The van der Waals surface area contributed by atoms with Crippen molar-refractivity contribution in [1.82, 2.24) is 14.8 Å². The van der Waals surface area contributed by atoms with Gasteiger partial charge in [-0.2, -0.15) is 9.67 Å². The lowest BCUT2D eigenvalue weighted by Crippen LogP contribution is -2.16. The summed E-state index contributed by atoms with van der Waals surface area (Å²) in [7, 11) is 0. The first-order chi connectivity index (χ1) is 15.0. The molecule has 0 saturated heterocycles. The summed E-state index contributed by atoms with van der Waals surface area (Å²) in [4.78, 5) is 29.6. The van der Waals surface area contributed by atoms with Gasteiger partial charge < -0.3 is 0 Å². The molecule has 0 aliphatic rings. The highest BCUT2D eigenvalue weighted by atomic mass is 127. The molecule has 1 aromatic heterocycles. The Hall–Kier alpha value is -3.53. The maximum Gasteiger partial charge on any atom is 0.258 e. The second kappa shape index (κ2) is 9.09. The van der Waals surface area contributed by atoms with Crippen LogP contribution in [0.2, 0.25) is 0 Å². The molecule has 4 rings (SSSR count). The maximum absolute atomic E-state index is 12.7. The van der Waals surface area contributed by atoms with Gasteiger partial charge in [-0.1, -0.05) is 35.9 Å². The van der Waals surface area contributed by atoms with E-state index < -0.39 is 0 Å². The van der Waals surface area contributed by atoms with Crippen LogP contribution in [0.3, 0.4) is 0 Å². The normalized spacial score (nSPS) is 10.5. The van der Waals surface area contributed by atoms with Crippen LogP contribution >= 0.6 is 22.6 Å². The van der Waals surface area contributed by atoms with Gasteiger partial charge >= 0.3 is 0 Å². The lowest BCUT2D eigenvalue weighted by Gasteiger charge is -2.07. The number of carbonyl (C=O) groups is 2. The lowest BCUT2D eigenvalue weighted by molar-refractivity contribution is 0.101. The molecule has 8 heteroatoms. The monoisotopic (exact) mass is 523 g/mol. The van der Waals surface area contributed by atoms with Crippen LogP contribution in [0.5, 0.6) is 0 Å². The number of aryl methyl sites for hydroxylation is 1. The molecule has 1 heterocycles. The Morgan fingerprint density at radius 2 is 1.39 bits per heavy atom. The SMILES string of the molecule is Cc1ccc(C(=O)Nc2nc(NC(=O)c3ccc(I)cc3)nn2-c2ccccc2)cc1. The molecule has 31 heavy (non-hydrogen) atoms. The quantitative estimate of drug-likeness (QED) is 0.372. The number of nitrogens with zero attached hydrogens (tertiary/aromatic N) is 3. The highest BCUT2D eigenvalue weighted by molar-refractivity contribution is 14.1. The summed E-state index contributed by atoms with van der Waals surface area (Å²) >= 11 is 2.18. The van der Waals surface area contributed by atoms with Crippen molar-refractivity contribution in [3.05, 3.63) is 99.1 Å². The van der Waals surface area contributed by atoms with Gasteiger partial charge in [-0.15, -0.1) is 5.10 Å². The summed E-state index contributed by atoms with van der Waals surface area (Å²) < 4.78 is 2.51. The number of halogens is 1. The molecule has 154 valence electrons. The minimum Gasteiger partial charge on any atom is -0.290 e. The number of nitrogens with one attached hydrogen (secondary N) is 2. The summed E-state index contributed by atoms with van der Waals surface area (Å²) in [6, 6.07) is 23.6. The van der Waals surface area contributed by atoms with Gasteiger partial charge in [0, 0.05) is 14.7 Å². The predicted molar refractivity (Wildman–Crippen MR) is 128 cm³/mol. The van der Waals surface area contributed by atoms with Gasteiger partial charge in [0.05, 0.1) is 5.69 Å². The van der Waals surface area contributed by atoms with Crippen molar-refractivity contribution in [1.29, 1.82) is 0 Å². The van der Waals surface area contributed by atoms with E-state index in [-0.39, 0.29) is 23.7 Å². The Labute approximate surface area is 192 Å². The van der Waals surface area contributed by atoms with Gasteiger partial charge in [-0.3, -0.25) is 20.2 Å². The van der Waals surface area contributed by atoms with E-state index in [9.17, 15) is 9.59 Å². The number of aromatic nitrogens is 3. The van der Waals surface area contributed by atoms with Crippen LogP contribution in [0.25, 0.3) is 5.69 Å². The highest BCUT2D eigenvalue weighted by Gasteiger charge is 2.17. The van der Waals surface area contributed by atoms with Crippen molar-refractivity contribution in [2.24, 2.45) is 0 Å². The minimum absolute atomic E-state index is 0.0895. The standard InChI is InChI=1S/C23H18IN5O2/c1-15-7-9-16(10-8-15)21(31)26-23-27-22(28-29(23)19-5-3-2-4-6-19)25-20(30)17-11-13-18(24)14-12-17/h2-14H,1H3,(H2,25,26,27,28,30,31). The molecule has 0 unspecified atom stereocenters. The molecule has 7 nitrogen and oxygen atoms in total. The molecule has 0 bridgehead atoms. The van der Waals surface area contributed by atoms with Crippen LogP contribution in [0.15, 0.2) is 78.9 Å². The van der Waals surface area contributed by atoms with E-state index in [0.717, 1.165) is 9.13 Å². The van der Waals surface area contributed by atoms with Gasteiger partial charge in [0.25, 0.3) is 17.8 Å². The van der Waals surface area contributed by atoms with Crippen LogP contribution < -0.4 is 10.6 Å². The second-order valence-corrected chi connectivity index (χ2v) is 8.03. The van der Waals surface area contributed by atoms with Gasteiger partial charge in [-0.25, -0.2) is 0 Å². The molecule has 0 aliphatic heterocycles. The van der Waals surface area contributed by atoms with E-state index in [2.05, 4.69) is 43.3 Å². The number of hydrogen-bond acceptors (Lipinski definition) is 4. The molecule has 2 amide bonds. The summed E-state index contributed by atoms with van der Waals surface area (Å²) in [5.41, 5.74) is 2.74. The van der Waals surface area contributed by atoms with Crippen LogP contribution in [0, 0.1) is 10.5 Å². The van der Waals surface area contributed by atoms with E-state index in [1.807, 2.05) is 61.5 Å². The molecule has 0 atom stereocenters. The number of amides is 2. The first kappa shape index (κ1) is 20.7. The van der Waals surface area contributed by atoms with Crippen LogP contribution in [-0.2, 0) is 0 Å². The number of carbonyl (C=O) groups excluding carboxylic acids is 2. The fourth-order valence-electron chi connectivity index (χ4n) is 2.85. The zero-order valence-electron chi connectivity index (χ0n) is 16.5. The van der Waals surface area contributed by atoms with Crippen molar-refractivity contribution in [3.8, 4) is 5.69 Å². The minimum atomic E-state index is -0.335. The molecule has 3 aromatic carbocycles. The van der Waals surface area contributed by atoms with Crippen molar-refractivity contribution >= 4 is 46.3 Å². The fraction of sp³-hybridized carbons (Fsp3) is 0.0435. The summed E-state index contributed by atoms with van der Waals surface area (Å²) in [5.74, 6) is -0.362. The highest BCUT2D eigenvalue weighted by Crippen LogP contribution is 2.18. The largest absolute Gasteiger partial charge is 0.290 e. The van der Waals surface area contributed by atoms with Gasteiger partial charge in [0.1, 0.15) is 0 Å². The second-order valence-electron chi connectivity index (χ2n) is 6.79. The molecular formula is C23H18IN5O2. The summed E-state index contributed by atoms with van der Waals surface area (Å²) in [6.45, 7) is 1.95. The van der Waals surface area contributed by atoms with Crippen molar-refractivity contribution in [2.75, 3.05) is 10.6 Å². The Bertz CT molecular complexity index is 1220. The van der Waals surface area contributed by atoms with E-state index in [1.165, 1.54) is 4.68 Å². The number of benzene rings is 3.